The summed E-state index contributed by atoms with van der Waals surface area (Å²) < 4.78 is 6.00. The molecule has 2 amide bonds. The summed E-state index contributed by atoms with van der Waals surface area (Å²) >= 11 is 12.3. The molecule has 0 unspecified atom stereocenters. The summed E-state index contributed by atoms with van der Waals surface area (Å²) in [7, 11) is 0. The largest absolute Gasteiger partial charge is 0.483 e. The van der Waals surface area contributed by atoms with Gasteiger partial charge < -0.3 is 15.0 Å². The second-order valence-corrected chi connectivity index (χ2v) is 10.1. The normalized spacial score (nSPS) is 14.9. The Hall–Kier alpha value is -2.76. The van der Waals surface area contributed by atoms with Crippen LogP contribution in [-0.2, 0) is 16.1 Å². The van der Waals surface area contributed by atoms with Gasteiger partial charge in [-0.1, -0.05) is 91.9 Å². The first-order valence-electron chi connectivity index (χ1n) is 12.6. The first-order valence-corrected chi connectivity index (χ1v) is 13.4. The lowest BCUT2D eigenvalue weighted by Crippen LogP contribution is -2.52. The Morgan fingerprint density at radius 2 is 1.75 bits per heavy atom. The van der Waals surface area contributed by atoms with Crippen molar-refractivity contribution in [3.05, 3.63) is 76.3 Å². The number of fused-ring (bicyclic) bond motifs is 1. The zero-order valence-corrected chi connectivity index (χ0v) is 22.0. The van der Waals surface area contributed by atoms with Gasteiger partial charge in [0.25, 0.3) is 5.91 Å². The Balaban J connectivity index is 1.55. The Morgan fingerprint density at radius 1 is 1.00 bits per heavy atom. The maximum absolute atomic E-state index is 13.6. The third-order valence-electron chi connectivity index (χ3n) is 6.78. The molecule has 0 heterocycles. The molecule has 1 atom stereocenters. The highest BCUT2D eigenvalue weighted by Crippen LogP contribution is 2.27. The van der Waals surface area contributed by atoms with Crippen molar-refractivity contribution in [2.45, 2.75) is 64.1 Å². The van der Waals surface area contributed by atoms with E-state index in [0.717, 1.165) is 42.0 Å². The first kappa shape index (κ1) is 26.3. The van der Waals surface area contributed by atoms with Crippen molar-refractivity contribution >= 4 is 45.8 Å². The SMILES string of the molecule is CC[C@@H](C(=O)NC1CCCCC1)N(Cc1ccc(Cl)c(Cl)c1)C(=O)COc1cccc2ccccc12. The van der Waals surface area contributed by atoms with Gasteiger partial charge in [-0.05, 0) is 48.4 Å². The van der Waals surface area contributed by atoms with Crippen LogP contribution in [-0.4, -0.2) is 35.4 Å². The van der Waals surface area contributed by atoms with Gasteiger partial charge in [0.2, 0.25) is 5.91 Å². The minimum Gasteiger partial charge on any atom is -0.483 e. The van der Waals surface area contributed by atoms with Gasteiger partial charge in [0, 0.05) is 18.0 Å². The summed E-state index contributed by atoms with van der Waals surface area (Å²) in [5.74, 6) is 0.248. The average Bonchev–Trinajstić information content (AvgIpc) is 2.89. The van der Waals surface area contributed by atoms with Crippen LogP contribution in [0.2, 0.25) is 10.0 Å². The second-order valence-electron chi connectivity index (χ2n) is 9.30. The fourth-order valence-electron chi connectivity index (χ4n) is 4.84. The minimum atomic E-state index is -0.620. The van der Waals surface area contributed by atoms with Crippen LogP contribution < -0.4 is 10.1 Å². The molecule has 0 aliphatic heterocycles. The molecule has 0 bridgehead atoms. The lowest BCUT2D eigenvalue weighted by Gasteiger charge is -2.32. The maximum atomic E-state index is 13.6. The van der Waals surface area contributed by atoms with Gasteiger partial charge in [-0.2, -0.15) is 0 Å². The molecule has 0 saturated heterocycles. The van der Waals surface area contributed by atoms with E-state index in [4.69, 9.17) is 27.9 Å². The van der Waals surface area contributed by atoms with E-state index in [1.54, 1.807) is 17.0 Å². The van der Waals surface area contributed by atoms with Gasteiger partial charge in [-0.25, -0.2) is 0 Å². The molecule has 190 valence electrons. The second kappa shape index (κ2) is 12.5. The van der Waals surface area contributed by atoms with Crippen molar-refractivity contribution in [1.82, 2.24) is 10.2 Å². The van der Waals surface area contributed by atoms with E-state index >= 15 is 0 Å². The molecular weight excluding hydrogens is 495 g/mol. The molecule has 4 rings (SSSR count). The molecule has 0 radical (unpaired) electrons. The predicted molar refractivity (Wildman–Crippen MR) is 146 cm³/mol. The molecule has 7 heteroatoms. The number of nitrogens with one attached hydrogen (secondary N) is 1. The van der Waals surface area contributed by atoms with Gasteiger partial charge in [0.15, 0.2) is 6.61 Å². The zero-order valence-electron chi connectivity index (χ0n) is 20.5. The van der Waals surface area contributed by atoms with Crippen LogP contribution in [0.1, 0.15) is 51.0 Å². The quantitative estimate of drug-likeness (QED) is 0.334. The molecule has 3 aromatic carbocycles. The van der Waals surface area contributed by atoms with E-state index in [2.05, 4.69) is 5.32 Å². The van der Waals surface area contributed by atoms with Crippen LogP contribution in [0.15, 0.2) is 60.7 Å². The summed E-state index contributed by atoms with van der Waals surface area (Å²) in [6.07, 6.45) is 5.89. The summed E-state index contributed by atoms with van der Waals surface area (Å²) in [6, 6.07) is 18.4. The number of benzene rings is 3. The maximum Gasteiger partial charge on any atom is 0.261 e. The van der Waals surface area contributed by atoms with Crippen molar-refractivity contribution in [2.24, 2.45) is 0 Å². The van der Waals surface area contributed by atoms with Crippen LogP contribution in [0, 0.1) is 0 Å². The molecule has 1 aliphatic rings. The topological polar surface area (TPSA) is 58.6 Å². The monoisotopic (exact) mass is 526 g/mol. The van der Waals surface area contributed by atoms with E-state index < -0.39 is 6.04 Å². The van der Waals surface area contributed by atoms with Crippen molar-refractivity contribution in [1.29, 1.82) is 0 Å². The number of ether oxygens (including phenoxy) is 1. The molecule has 1 fully saturated rings. The van der Waals surface area contributed by atoms with Crippen LogP contribution in [0.4, 0.5) is 0 Å². The smallest absolute Gasteiger partial charge is 0.261 e. The number of amides is 2. The highest BCUT2D eigenvalue weighted by molar-refractivity contribution is 6.42. The summed E-state index contributed by atoms with van der Waals surface area (Å²) in [5.41, 5.74) is 0.798. The fourth-order valence-corrected chi connectivity index (χ4v) is 5.16. The van der Waals surface area contributed by atoms with Crippen LogP contribution in [0.3, 0.4) is 0 Å². The minimum absolute atomic E-state index is 0.122. The van der Waals surface area contributed by atoms with Crippen LogP contribution in [0.25, 0.3) is 10.8 Å². The number of halogens is 2. The van der Waals surface area contributed by atoms with E-state index in [1.165, 1.54) is 6.42 Å². The van der Waals surface area contributed by atoms with Gasteiger partial charge in [-0.15, -0.1) is 0 Å². The summed E-state index contributed by atoms with van der Waals surface area (Å²) in [6.45, 7) is 1.97. The van der Waals surface area contributed by atoms with Crippen LogP contribution in [0.5, 0.6) is 5.75 Å². The van der Waals surface area contributed by atoms with E-state index in [-0.39, 0.29) is 31.0 Å². The molecule has 1 saturated carbocycles. The van der Waals surface area contributed by atoms with Gasteiger partial charge in [0.05, 0.1) is 10.0 Å². The molecule has 1 aliphatic carbocycles. The average molecular weight is 527 g/mol. The van der Waals surface area contributed by atoms with Crippen molar-refractivity contribution in [2.75, 3.05) is 6.61 Å². The fraction of sp³-hybridized carbons (Fsp3) is 0.379. The van der Waals surface area contributed by atoms with Crippen LogP contribution >= 0.6 is 23.2 Å². The molecule has 0 aromatic heterocycles. The Kier molecular flexibility index (Phi) is 9.11. The standard InChI is InChI=1S/C29H32Cl2N2O3/c1-2-26(29(35)32-22-11-4-3-5-12-22)33(18-20-15-16-24(30)25(31)17-20)28(34)19-36-27-14-8-10-21-9-6-7-13-23(21)27/h6-10,13-17,22,26H,2-5,11-12,18-19H2,1H3,(H,32,35)/t26-/m0/s1. The highest BCUT2D eigenvalue weighted by atomic mass is 35.5. The molecule has 5 nitrogen and oxygen atoms in total. The molecule has 0 spiro atoms. The zero-order chi connectivity index (χ0) is 25.5. The van der Waals surface area contributed by atoms with Gasteiger partial charge in [-0.3, -0.25) is 9.59 Å². The number of hydrogen-bond donors (Lipinski definition) is 1. The third kappa shape index (κ3) is 6.51. The van der Waals surface area contributed by atoms with Gasteiger partial charge >= 0.3 is 0 Å². The molecule has 3 aromatic rings. The number of hydrogen-bond acceptors (Lipinski definition) is 3. The van der Waals surface area contributed by atoms with Gasteiger partial charge in [0.1, 0.15) is 11.8 Å². The number of nitrogens with zero attached hydrogens (tertiary/aromatic N) is 1. The Morgan fingerprint density at radius 3 is 2.50 bits per heavy atom. The van der Waals surface area contributed by atoms with Crippen molar-refractivity contribution in [3.8, 4) is 5.75 Å². The number of rotatable bonds is 9. The highest BCUT2D eigenvalue weighted by Gasteiger charge is 2.30. The summed E-state index contributed by atoms with van der Waals surface area (Å²) in [4.78, 5) is 28.5. The van der Waals surface area contributed by atoms with E-state index in [1.807, 2.05) is 55.5 Å². The molecule has 36 heavy (non-hydrogen) atoms. The van der Waals surface area contributed by atoms with Crippen molar-refractivity contribution < 1.29 is 14.3 Å². The predicted octanol–water partition coefficient (Wildman–Crippen LogP) is 6.78. The van der Waals surface area contributed by atoms with E-state index in [9.17, 15) is 9.59 Å². The van der Waals surface area contributed by atoms with Crippen molar-refractivity contribution in [3.63, 3.8) is 0 Å². The lowest BCUT2D eigenvalue weighted by atomic mass is 9.95. The Bertz CT molecular complexity index is 1200. The van der Waals surface area contributed by atoms with E-state index in [0.29, 0.717) is 22.2 Å². The Labute approximate surface area is 222 Å². The summed E-state index contributed by atoms with van der Waals surface area (Å²) in [5, 5.41) is 6.01. The number of carbonyl (C=O) groups is 2. The molecular formula is C29H32Cl2N2O3. The number of carbonyl (C=O) groups excluding carboxylic acids is 2. The first-order chi connectivity index (χ1) is 17.5. The third-order valence-corrected chi connectivity index (χ3v) is 7.51. The molecule has 1 N–H and O–H groups in total. The lowest BCUT2D eigenvalue weighted by molar-refractivity contribution is -0.143.